The highest BCUT2D eigenvalue weighted by atomic mass is 16.4. The largest absolute Gasteiger partial charge is 0.480 e. The fraction of sp³-hybridized carbons (Fsp3) is 0.895. The minimum Gasteiger partial charge on any atom is -0.480 e. The molecule has 0 saturated heterocycles. The number of amides is 2. The Morgan fingerprint density at radius 3 is 2.52 bits per heavy atom. The van der Waals surface area contributed by atoms with Gasteiger partial charge in [-0.1, -0.05) is 13.3 Å². The number of carbonyl (C=O) groups is 2. The number of nitrogens with one attached hydrogen (secondary N) is 2. The number of hydrogen-bond acceptors (Lipinski definition) is 3. The van der Waals surface area contributed by atoms with Crippen molar-refractivity contribution in [1.82, 2.24) is 15.5 Å². The first kappa shape index (κ1) is 17.1. The van der Waals surface area contributed by atoms with E-state index in [0.717, 1.165) is 37.1 Å². The number of likely N-dealkylation sites (N-methyl/N-ethyl adjacent to an activating group) is 1. The summed E-state index contributed by atoms with van der Waals surface area (Å²) in [6.45, 7) is 2.82. The second-order valence-corrected chi connectivity index (χ2v) is 8.66. The molecule has 0 aromatic carbocycles. The molecule has 0 aromatic rings. The summed E-state index contributed by atoms with van der Waals surface area (Å²) in [5, 5.41) is 15.3. The lowest BCUT2D eigenvalue weighted by atomic mass is 9.79. The van der Waals surface area contributed by atoms with Crippen LogP contribution in [0.3, 0.4) is 0 Å². The van der Waals surface area contributed by atoms with Gasteiger partial charge in [-0.15, -0.1) is 0 Å². The van der Waals surface area contributed by atoms with Crippen LogP contribution in [-0.2, 0) is 4.79 Å². The lowest BCUT2D eigenvalue weighted by molar-refractivity contribution is -0.139. The van der Waals surface area contributed by atoms with Gasteiger partial charge in [-0.3, -0.25) is 9.69 Å². The molecule has 0 radical (unpaired) electrons. The lowest BCUT2D eigenvalue weighted by Crippen LogP contribution is -2.57. The van der Waals surface area contributed by atoms with E-state index in [9.17, 15) is 9.59 Å². The third-order valence-corrected chi connectivity index (χ3v) is 7.45. The van der Waals surface area contributed by atoms with Crippen molar-refractivity contribution in [3.05, 3.63) is 0 Å². The molecule has 2 amide bonds. The Bertz CT molecular complexity index is 534. The van der Waals surface area contributed by atoms with Crippen LogP contribution in [-0.4, -0.2) is 53.2 Å². The molecule has 5 atom stereocenters. The Labute approximate surface area is 149 Å². The SMILES string of the molecule is CCN(CC(=O)O)C1CC(NC(=O)NC2CC3CC2C2CCCC32)C1. The lowest BCUT2D eigenvalue weighted by Gasteiger charge is -2.42. The third-order valence-electron chi connectivity index (χ3n) is 7.45. The summed E-state index contributed by atoms with van der Waals surface area (Å²) in [7, 11) is 0. The van der Waals surface area contributed by atoms with Crippen LogP contribution >= 0.6 is 0 Å². The van der Waals surface area contributed by atoms with Crippen LogP contribution in [0.5, 0.6) is 0 Å². The molecule has 0 aliphatic heterocycles. The van der Waals surface area contributed by atoms with Crippen molar-refractivity contribution >= 4 is 12.0 Å². The zero-order valence-electron chi connectivity index (χ0n) is 15.1. The Morgan fingerprint density at radius 1 is 1.04 bits per heavy atom. The normalized spacial score (nSPS) is 41.4. The number of urea groups is 1. The number of carboxylic acid groups (broad SMARTS) is 1. The molecule has 4 fully saturated rings. The van der Waals surface area contributed by atoms with Crippen molar-refractivity contribution in [1.29, 1.82) is 0 Å². The standard InChI is InChI=1S/C19H31N3O3/c1-2-22(10-18(23)24)13-8-12(9-13)20-19(25)21-17-7-11-6-16(17)15-5-3-4-14(11)15/h11-17H,2-10H2,1H3,(H,23,24)(H2,20,21,25). The molecular formula is C19H31N3O3. The van der Waals surface area contributed by atoms with Gasteiger partial charge in [-0.05, 0) is 68.7 Å². The molecule has 4 saturated carbocycles. The number of carboxylic acids is 1. The highest BCUT2D eigenvalue weighted by molar-refractivity contribution is 5.75. The third kappa shape index (κ3) is 3.25. The second-order valence-electron chi connectivity index (χ2n) is 8.66. The smallest absolute Gasteiger partial charge is 0.317 e. The summed E-state index contributed by atoms with van der Waals surface area (Å²) < 4.78 is 0. The van der Waals surface area contributed by atoms with Gasteiger partial charge in [0.15, 0.2) is 0 Å². The quantitative estimate of drug-likeness (QED) is 0.685. The van der Waals surface area contributed by atoms with E-state index >= 15 is 0 Å². The van der Waals surface area contributed by atoms with Gasteiger partial charge in [0, 0.05) is 18.1 Å². The van der Waals surface area contributed by atoms with Crippen molar-refractivity contribution in [3.8, 4) is 0 Å². The maximum Gasteiger partial charge on any atom is 0.317 e. The van der Waals surface area contributed by atoms with Crippen LogP contribution in [0.25, 0.3) is 0 Å². The van der Waals surface area contributed by atoms with Crippen LogP contribution in [0, 0.1) is 23.7 Å². The van der Waals surface area contributed by atoms with E-state index < -0.39 is 5.97 Å². The van der Waals surface area contributed by atoms with E-state index in [0.29, 0.717) is 12.0 Å². The number of rotatable bonds is 6. The molecule has 0 aromatic heterocycles. The molecule has 140 valence electrons. The zero-order valence-corrected chi connectivity index (χ0v) is 15.1. The monoisotopic (exact) mass is 349 g/mol. The summed E-state index contributed by atoms with van der Waals surface area (Å²) in [5.74, 6) is 2.60. The predicted octanol–water partition coefficient (Wildman–Crippen LogP) is 2.05. The van der Waals surface area contributed by atoms with Crippen molar-refractivity contribution in [2.24, 2.45) is 23.7 Å². The van der Waals surface area contributed by atoms with E-state index in [4.69, 9.17) is 5.11 Å². The van der Waals surface area contributed by atoms with Crippen molar-refractivity contribution in [2.75, 3.05) is 13.1 Å². The van der Waals surface area contributed by atoms with E-state index in [1.54, 1.807) is 0 Å². The van der Waals surface area contributed by atoms with Crippen molar-refractivity contribution < 1.29 is 14.7 Å². The van der Waals surface area contributed by atoms with E-state index in [1.807, 2.05) is 11.8 Å². The summed E-state index contributed by atoms with van der Waals surface area (Å²) in [6.07, 6.45) is 8.38. The second kappa shape index (κ2) is 6.78. The Hall–Kier alpha value is -1.30. The average Bonchev–Trinajstić information content (AvgIpc) is 3.20. The molecular weight excluding hydrogens is 318 g/mol. The molecule has 0 heterocycles. The number of fused-ring (bicyclic) bond motifs is 5. The molecule has 6 heteroatoms. The first-order valence-electron chi connectivity index (χ1n) is 10.1. The molecule has 2 bridgehead atoms. The van der Waals surface area contributed by atoms with E-state index in [2.05, 4.69) is 10.6 Å². The van der Waals surface area contributed by atoms with Crippen LogP contribution in [0.2, 0.25) is 0 Å². The Kier molecular flexibility index (Phi) is 4.65. The fourth-order valence-corrected chi connectivity index (χ4v) is 6.31. The maximum absolute atomic E-state index is 12.4. The summed E-state index contributed by atoms with van der Waals surface area (Å²) in [6, 6.07) is 0.829. The topological polar surface area (TPSA) is 81.7 Å². The fourth-order valence-electron chi connectivity index (χ4n) is 6.31. The summed E-state index contributed by atoms with van der Waals surface area (Å²) in [5.41, 5.74) is 0. The number of nitrogens with zero attached hydrogens (tertiary/aromatic N) is 1. The van der Waals surface area contributed by atoms with Gasteiger partial charge in [0.1, 0.15) is 0 Å². The molecule has 4 aliphatic rings. The minimum absolute atomic E-state index is 0.0168. The molecule has 4 aliphatic carbocycles. The molecule has 5 unspecified atom stereocenters. The average molecular weight is 349 g/mol. The van der Waals surface area contributed by atoms with E-state index in [1.165, 1.54) is 32.1 Å². The summed E-state index contributed by atoms with van der Waals surface area (Å²) in [4.78, 5) is 25.2. The van der Waals surface area contributed by atoms with Gasteiger partial charge < -0.3 is 15.7 Å². The van der Waals surface area contributed by atoms with Gasteiger partial charge in [-0.25, -0.2) is 4.79 Å². The number of hydrogen-bond donors (Lipinski definition) is 3. The molecule has 25 heavy (non-hydrogen) atoms. The van der Waals surface area contributed by atoms with Crippen LogP contribution < -0.4 is 10.6 Å². The zero-order chi connectivity index (χ0) is 17.6. The Balaban J connectivity index is 1.20. The van der Waals surface area contributed by atoms with Crippen LogP contribution in [0.4, 0.5) is 4.79 Å². The highest BCUT2D eigenvalue weighted by Gasteiger charge is 2.54. The predicted molar refractivity (Wildman–Crippen MR) is 94.2 cm³/mol. The number of aliphatic carboxylic acids is 1. The van der Waals surface area contributed by atoms with Gasteiger partial charge in [0.2, 0.25) is 0 Å². The molecule has 6 nitrogen and oxygen atoms in total. The number of carbonyl (C=O) groups excluding carboxylic acids is 1. The first-order chi connectivity index (χ1) is 12.0. The molecule has 4 rings (SSSR count). The minimum atomic E-state index is -0.780. The van der Waals surface area contributed by atoms with Gasteiger partial charge >= 0.3 is 12.0 Å². The first-order valence-corrected chi connectivity index (χ1v) is 10.1. The maximum atomic E-state index is 12.4. The van der Waals surface area contributed by atoms with Gasteiger partial charge in [0.25, 0.3) is 0 Å². The molecule has 0 spiro atoms. The van der Waals surface area contributed by atoms with Gasteiger partial charge in [0.05, 0.1) is 6.54 Å². The summed E-state index contributed by atoms with van der Waals surface area (Å²) >= 11 is 0. The molecule has 3 N–H and O–H groups in total. The van der Waals surface area contributed by atoms with Crippen LogP contribution in [0.1, 0.15) is 51.9 Å². The van der Waals surface area contributed by atoms with Crippen molar-refractivity contribution in [2.45, 2.75) is 70.0 Å². The Morgan fingerprint density at radius 2 is 1.80 bits per heavy atom. The van der Waals surface area contributed by atoms with E-state index in [-0.39, 0.29) is 24.7 Å². The van der Waals surface area contributed by atoms with Gasteiger partial charge in [-0.2, -0.15) is 0 Å². The van der Waals surface area contributed by atoms with Crippen molar-refractivity contribution in [3.63, 3.8) is 0 Å². The van der Waals surface area contributed by atoms with Crippen LogP contribution in [0.15, 0.2) is 0 Å². The highest BCUT2D eigenvalue weighted by Crippen LogP contribution is 2.58.